The first-order chi connectivity index (χ1) is 13.6. The maximum atomic E-state index is 13.4. The fourth-order valence-electron chi connectivity index (χ4n) is 3.57. The van der Waals surface area contributed by atoms with E-state index in [1.54, 1.807) is 12.1 Å². The van der Waals surface area contributed by atoms with Crippen LogP contribution in [0.2, 0.25) is 0 Å². The van der Waals surface area contributed by atoms with Crippen molar-refractivity contribution in [2.24, 2.45) is 0 Å². The number of benzene rings is 2. The number of nitrogens with one attached hydrogen (secondary N) is 1. The van der Waals surface area contributed by atoms with E-state index in [0.717, 1.165) is 66.5 Å². The molecule has 0 aliphatic carbocycles. The number of fused-ring (bicyclic) bond motifs is 1. The van der Waals surface area contributed by atoms with E-state index in [4.69, 9.17) is 0 Å². The first-order valence-corrected chi connectivity index (χ1v) is 10.3. The number of H-pyrrole nitrogens is 1. The van der Waals surface area contributed by atoms with Gasteiger partial charge in [-0.15, -0.1) is 0 Å². The molecule has 0 aliphatic heterocycles. The third kappa shape index (κ3) is 4.61. The van der Waals surface area contributed by atoms with E-state index in [-0.39, 0.29) is 11.7 Å². The van der Waals surface area contributed by atoms with Crippen molar-refractivity contribution in [1.82, 2.24) is 9.88 Å². The van der Waals surface area contributed by atoms with Crippen LogP contribution in [0, 0.1) is 5.82 Å². The highest BCUT2D eigenvalue weighted by Gasteiger charge is 2.19. The molecule has 3 nitrogen and oxygen atoms in total. The summed E-state index contributed by atoms with van der Waals surface area (Å²) < 4.78 is 13.4. The second kappa shape index (κ2) is 9.54. The molecule has 3 aromatic rings. The number of carbonyl (C=O) groups is 1. The SMILES string of the molecule is CCCCN(CCCC)C(=O)Cc1c(-c2ccc(F)cc2)[nH]c2ccccc12. The van der Waals surface area contributed by atoms with E-state index >= 15 is 0 Å². The van der Waals surface area contributed by atoms with Crippen LogP contribution in [0.5, 0.6) is 0 Å². The van der Waals surface area contributed by atoms with Crippen LogP contribution in [-0.2, 0) is 11.2 Å². The summed E-state index contributed by atoms with van der Waals surface area (Å²) in [5.41, 5.74) is 3.79. The molecule has 3 rings (SSSR count). The number of unbranched alkanes of at least 4 members (excludes halogenated alkanes) is 2. The van der Waals surface area contributed by atoms with Gasteiger partial charge in [-0.1, -0.05) is 44.9 Å². The van der Waals surface area contributed by atoms with Gasteiger partial charge in [0, 0.05) is 24.0 Å². The number of aromatic amines is 1. The molecule has 0 atom stereocenters. The largest absolute Gasteiger partial charge is 0.354 e. The minimum atomic E-state index is -0.261. The van der Waals surface area contributed by atoms with Crippen LogP contribution in [0.1, 0.15) is 45.1 Å². The van der Waals surface area contributed by atoms with Crippen molar-refractivity contribution in [2.75, 3.05) is 13.1 Å². The number of hydrogen-bond donors (Lipinski definition) is 1. The molecule has 1 aromatic heterocycles. The van der Waals surface area contributed by atoms with Crippen LogP contribution in [0.15, 0.2) is 48.5 Å². The van der Waals surface area contributed by atoms with Crippen molar-refractivity contribution in [3.8, 4) is 11.3 Å². The van der Waals surface area contributed by atoms with Gasteiger partial charge in [-0.05, 0) is 54.3 Å². The second-order valence-corrected chi connectivity index (χ2v) is 7.30. The molecule has 0 saturated heterocycles. The molecular formula is C24H29FN2O. The summed E-state index contributed by atoms with van der Waals surface area (Å²) in [4.78, 5) is 18.6. The van der Waals surface area contributed by atoms with Crippen LogP contribution in [0.3, 0.4) is 0 Å². The zero-order valence-electron chi connectivity index (χ0n) is 16.8. The zero-order valence-corrected chi connectivity index (χ0v) is 16.8. The van der Waals surface area contributed by atoms with E-state index in [1.165, 1.54) is 12.1 Å². The predicted octanol–water partition coefficient (Wildman–Crippen LogP) is 5.95. The molecule has 1 amide bonds. The summed E-state index contributed by atoms with van der Waals surface area (Å²) in [6, 6.07) is 14.5. The molecule has 0 unspecified atom stereocenters. The topological polar surface area (TPSA) is 36.1 Å². The van der Waals surface area contributed by atoms with Crippen LogP contribution in [0.25, 0.3) is 22.2 Å². The molecule has 0 spiro atoms. The van der Waals surface area contributed by atoms with Gasteiger partial charge in [0.2, 0.25) is 5.91 Å². The van der Waals surface area contributed by atoms with Crippen LogP contribution >= 0.6 is 0 Å². The number of carbonyl (C=O) groups excluding carboxylic acids is 1. The average Bonchev–Trinajstić information content (AvgIpc) is 3.07. The summed E-state index contributed by atoms with van der Waals surface area (Å²) in [5, 5.41) is 1.06. The lowest BCUT2D eigenvalue weighted by Crippen LogP contribution is -2.34. The van der Waals surface area contributed by atoms with Gasteiger partial charge < -0.3 is 9.88 Å². The number of para-hydroxylation sites is 1. The molecule has 28 heavy (non-hydrogen) atoms. The van der Waals surface area contributed by atoms with Gasteiger partial charge in [-0.2, -0.15) is 0 Å². The zero-order chi connectivity index (χ0) is 19.9. The molecule has 2 aromatic carbocycles. The fourth-order valence-corrected chi connectivity index (χ4v) is 3.57. The Balaban J connectivity index is 1.95. The Morgan fingerprint density at radius 2 is 1.61 bits per heavy atom. The van der Waals surface area contributed by atoms with Crippen molar-refractivity contribution >= 4 is 16.8 Å². The molecule has 0 saturated carbocycles. The van der Waals surface area contributed by atoms with Crippen molar-refractivity contribution in [3.05, 3.63) is 59.9 Å². The Kier molecular flexibility index (Phi) is 6.85. The first-order valence-electron chi connectivity index (χ1n) is 10.3. The molecule has 0 aliphatic rings. The fraction of sp³-hybridized carbons (Fsp3) is 0.375. The predicted molar refractivity (Wildman–Crippen MR) is 114 cm³/mol. The Morgan fingerprint density at radius 1 is 0.964 bits per heavy atom. The molecule has 0 bridgehead atoms. The van der Waals surface area contributed by atoms with Gasteiger partial charge in [-0.25, -0.2) is 4.39 Å². The van der Waals surface area contributed by atoms with Crippen molar-refractivity contribution in [1.29, 1.82) is 0 Å². The quantitative estimate of drug-likeness (QED) is 0.489. The molecule has 4 heteroatoms. The lowest BCUT2D eigenvalue weighted by atomic mass is 10.0. The average molecular weight is 381 g/mol. The Morgan fingerprint density at radius 3 is 2.25 bits per heavy atom. The van der Waals surface area contributed by atoms with E-state index < -0.39 is 0 Å². The third-order valence-electron chi connectivity index (χ3n) is 5.19. The lowest BCUT2D eigenvalue weighted by molar-refractivity contribution is -0.130. The number of nitrogens with zero attached hydrogens (tertiary/aromatic N) is 1. The molecule has 1 N–H and O–H groups in total. The highest BCUT2D eigenvalue weighted by Crippen LogP contribution is 2.31. The van der Waals surface area contributed by atoms with Crippen molar-refractivity contribution < 1.29 is 9.18 Å². The van der Waals surface area contributed by atoms with Gasteiger partial charge in [0.1, 0.15) is 5.82 Å². The minimum absolute atomic E-state index is 0.162. The Hall–Kier alpha value is -2.62. The second-order valence-electron chi connectivity index (χ2n) is 7.30. The van der Waals surface area contributed by atoms with Gasteiger partial charge in [0.15, 0.2) is 0 Å². The third-order valence-corrected chi connectivity index (χ3v) is 5.19. The Bertz CT molecular complexity index is 906. The van der Waals surface area contributed by atoms with Crippen LogP contribution in [0.4, 0.5) is 4.39 Å². The van der Waals surface area contributed by atoms with E-state index in [1.807, 2.05) is 29.2 Å². The molecular weight excluding hydrogens is 351 g/mol. The molecule has 0 radical (unpaired) electrons. The van der Waals surface area contributed by atoms with Crippen molar-refractivity contribution in [2.45, 2.75) is 46.0 Å². The van der Waals surface area contributed by atoms with Gasteiger partial charge in [-0.3, -0.25) is 4.79 Å². The van der Waals surface area contributed by atoms with Crippen molar-refractivity contribution in [3.63, 3.8) is 0 Å². The highest BCUT2D eigenvalue weighted by atomic mass is 19.1. The molecule has 148 valence electrons. The number of aromatic nitrogens is 1. The van der Waals surface area contributed by atoms with E-state index in [9.17, 15) is 9.18 Å². The normalized spacial score (nSPS) is 11.1. The summed E-state index contributed by atoms with van der Waals surface area (Å²) in [6.07, 6.45) is 4.54. The van der Waals surface area contributed by atoms with E-state index in [0.29, 0.717) is 6.42 Å². The first kappa shape index (κ1) is 20.1. The standard InChI is InChI=1S/C24H29FN2O/c1-3-5-15-27(16-6-4-2)23(28)17-21-20-9-7-8-10-22(20)26-24(21)18-11-13-19(25)14-12-18/h7-14,26H,3-6,15-17H2,1-2H3. The monoisotopic (exact) mass is 380 g/mol. The lowest BCUT2D eigenvalue weighted by Gasteiger charge is -2.22. The summed E-state index contributed by atoms with van der Waals surface area (Å²) in [7, 11) is 0. The van der Waals surface area contributed by atoms with E-state index in [2.05, 4.69) is 18.8 Å². The summed E-state index contributed by atoms with van der Waals surface area (Å²) in [6.45, 7) is 5.91. The van der Waals surface area contributed by atoms with Gasteiger partial charge in [0.25, 0.3) is 0 Å². The smallest absolute Gasteiger partial charge is 0.227 e. The summed E-state index contributed by atoms with van der Waals surface area (Å²) in [5.74, 6) is -0.0993. The number of halogens is 1. The Labute approximate surface area is 166 Å². The van der Waals surface area contributed by atoms with Crippen LogP contribution < -0.4 is 0 Å². The van der Waals surface area contributed by atoms with Crippen LogP contribution in [-0.4, -0.2) is 28.9 Å². The summed E-state index contributed by atoms with van der Waals surface area (Å²) >= 11 is 0. The number of hydrogen-bond acceptors (Lipinski definition) is 1. The highest BCUT2D eigenvalue weighted by molar-refractivity contribution is 5.95. The molecule has 1 heterocycles. The molecule has 0 fully saturated rings. The maximum absolute atomic E-state index is 13.4. The minimum Gasteiger partial charge on any atom is -0.354 e. The number of amides is 1. The van der Waals surface area contributed by atoms with Gasteiger partial charge >= 0.3 is 0 Å². The maximum Gasteiger partial charge on any atom is 0.227 e. The van der Waals surface area contributed by atoms with Gasteiger partial charge in [0.05, 0.1) is 12.1 Å². The number of rotatable bonds is 9.